The number of carbonyl (C=O) groups excluding carboxylic acids is 2. The number of amides is 2. The second-order valence-corrected chi connectivity index (χ2v) is 6.90. The highest BCUT2D eigenvalue weighted by Gasteiger charge is 2.39. The fraction of sp³-hybridized carbons (Fsp3) is 0.846. The van der Waals surface area contributed by atoms with Crippen LogP contribution in [-0.4, -0.2) is 66.5 Å². The maximum absolute atomic E-state index is 12.4. The van der Waals surface area contributed by atoms with E-state index in [1.54, 1.807) is 28.6 Å². The van der Waals surface area contributed by atoms with Gasteiger partial charge in [0.05, 0.1) is 5.88 Å². The number of thioether (sulfide) groups is 1. The molecule has 5 nitrogen and oxygen atoms in total. The van der Waals surface area contributed by atoms with Crippen molar-refractivity contribution in [3.8, 4) is 0 Å². The van der Waals surface area contributed by atoms with Crippen molar-refractivity contribution in [3.05, 3.63) is 0 Å². The molecule has 0 aromatic rings. The Labute approximate surface area is 132 Å². The summed E-state index contributed by atoms with van der Waals surface area (Å²) in [6.07, 6.45) is 0. The van der Waals surface area contributed by atoms with E-state index in [1.165, 1.54) is 0 Å². The first-order chi connectivity index (χ1) is 8.79. The van der Waals surface area contributed by atoms with E-state index < -0.39 is 5.41 Å². The molecule has 0 aromatic carbocycles. The number of nitrogens with one attached hydrogen (secondary N) is 1. The molecule has 0 aliphatic carbocycles. The molecule has 1 heterocycles. The fourth-order valence-corrected chi connectivity index (χ4v) is 3.07. The van der Waals surface area contributed by atoms with Gasteiger partial charge in [-0.25, -0.2) is 0 Å². The highest BCUT2D eigenvalue weighted by Crippen LogP contribution is 2.28. The van der Waals surface area contributed by atoms with Crippen LogP contribution in [0.15, 0.2) is 0 Å². The van der Waals surface area contributed by atoms with E-state index in [0.29, 0.717) is 18.2 Å². The predicted molar refractivity (Wildman–Crippen MR) is 86.2 cm³/mol. The first-order valence-corrected chi connectivity index (χ1v) is 7.73. The quantitative estimate of drug-likeness (QED) is 0.839. The minimum atomic E-state index is -0.438. The smallest absolute Gasteiger partial charge is 0.246 e. The molecule has 118 valence electrons. The molecule has 1 unspecified atom stereocenters. The van der Waals surface area contributed by atoms with E-state index in [-0.39, 0.29) is 30.3 Å². The van der Waals surface area contributed by atoms with Gasteiger partial charge in [-0.3, -0.25) is 9.59 Å². The van der Waals surface area contributed by atoms with Gasteiger partial charge < -0.3 is 15.1 Å². The first kappa shape index (κ1) is 19.5. The summed E-state index contributed by atoms with van der Waals surface area (Å²) in [5.41, 5.74) is -0.438. The molecule has 20 heavy (non-hydrogen) atoms. The van der Waals surface area contributed by atoms with Gasteiger partial charge in [0.25, 0.3) is 0 Å². The monoisotopic (exact) mass is 323 g/mol. The van der Waals surface area contributed by atoms with Crippen LogP contribution in [0.25, 0.3) is 0 Å². The molecular weight excluding hydrogens is 298 g/mol. The summed E-state index contributed by atoms with van der Waals surface area (Å²) in [5, 5.41) is 3.02. The molecule has 0 saturated carbocycles. The Morgan fingerprint density at radius 1 is 1.40 bits per heavy atom. The Morgan fingerprint density at radius 3 is 2.50 bits per heavy atom. The van der Waals surface area contributed by atoms with Crippen molar-refractivity contribution in [2.45, 2.75) is 26.8 Å². The standard InChI is InChI=1S/C13H25N3O2S.ClH/c1-13(2,3)12(18)16-9-19-8-10(16)11(17)15(5)7-6-14-4;/h10,14H,6-9H2,1-5H3;1H. The summed E-state index contributed by atoms with van der Waals surface area (Å²) < 4.78 is 0. The number of likely N-dealkylation sites (N-methyl/N-ethyl adjacent to an activating group) is 2. The molecule has 1 rings (SSSR count). The van der Waals surface area contributed by atoms with Crippen molar-refractivity contribution in [1.82, 2.24) is 15.1 Å². The van der Waals surface area contributed by atoms with Gasteiger partial charge in [-0.15, -0.1) is 24.2 Å². The topological polar surface area (TPSA) is 52.7 Å². The van der Waals surface area contributed by atoms with Crippen LogP contribution >= 0.6 is 24.2 Å². The van der Waals surface area contributed by atoms with E-state index in [9.17, 15) is 9.59 Å². The lowest BCUT2D eigenvalue weighted by Crippen LogP contribution is -2.51. The van der Waals surface area contributed by atoms with Crippen molar-refractivity contribution >= 4 is 36.0 Å². The normalized spacial score (nSPS) is 18.6. The molecule has 1 aliphatic rings. The van der Waals surface area contributed by atoms with Crippen LogP contribution in [-0.2, 0) is 9.59 Å². The molecule has 1 fully saturated rings. The van der Waals surface area contributed by atoms with Gasteiger partial charge in [-0.05, 0) is 7.05 Å². The molecule has 0 aromatic heterocycles. The highest BCUT2D eigenvalue weighted by atomic mass is 35.5. The molecule has 1 aliphatic heterocycles. The van der Waals surface area contributed by atoms with Gasteiger partial charge in [0, 0.05) is 31.3 Å². The molecule has 1 atom stereocenters. The second-order valence-electron chi connectivity index (χ2n) is 5.90. The average Bonchev–Trinajstić information content (AvgIpc) is 2.81. The Balaban J connectivity index is 0.00000361. The van der Waals surface area contributed by atoms with Crippen LogP contribution in [0.3, 0.4) is 0 Å². The van der Waals surface area contributed by atoms with Gasteiger partial charge in [0.15, 0.2) is 0 Å². The minimum absolute atomic E-state index is 0. The highest BCUT2D eigenvalue weighted by molar-refractivity contribution is 7.99. The summed E-state index contributed by atoms with van der Waals surface area (Å²) in [4.78, 5) is 28.2. The number of hydrogen-bond donors (Lipinski definition) is 1. The van der Waals surface area contributed by atoms with Crippen LogP contribution in [0, 0.1) is 5.41 Å². The van der Waals surface area contributed by atoms with Crippen LogP contribution in [0.1, 0.15) is 20.8 Å². The fourth-order valence-electron chi connectivity index (χ4n) is 1.92. The molecule has 7 heteroatoms. The number of carbonyl (C=O) groups is 2. The van der Waals surface area contributed by atoms with Crippen LogP contribution < -0.4 is 5.32 Å². The summed E-state index contributed by atoms with van der Waals surface area (Å²) in [6, 6.07) is -0.307. The number of rotatable bonds is 4. The Bertz CT molecular complexity index is 347. The largest absolute Gasteiger partial charge is 0.343 e. The second kappa shape index (κ2) is 8.10. The summed E-state index contributed by atoms with van der Waals surface area (Å²) in [5.74, 6) is 1.41. The van der Waals surface area contributed by atoms with Gasteiger partial charge in [0.1, 0.15) is 6.04 Å². The van der Waals surface area contributed by atoms with Crippen molar-refractivity contribution in [2.24, 2.45) is 5.41 Å². The zero-order chi connectivity index (χ0) is 14.6. The van der Waals surface area contributed by atoms with E-state index in [0.717, 1.165) is 6.54 Å². The summed E-state index contributed by atoms with van der Waals surface area (Å²) >= 11 is 1.65. The van der Waals surface area contributed by atoms with Crippen LogP contribution in [0.5, 0.6) is 0 Å². The summed E-state index contributed by atoms with van der Waals surface area (Å²) in [6.45, 7) is 7.10. The van der Waals surface area contributed by atoms with Crippen molar-refractivity contribution in [1.29, 1.82) is 0 Å². The van der Waals surface area contributed by atoms with E-state index in [2.05, 4.69) is 5.32 Å². The molecule has 1 N–H and O–H groups in total. The molecule has 0 bridgehead atoms. The maximum Gasteiger partial charge on any atom is 0.246 e. The van der Waals surface area contributed by atoms with Gasteiger partial charge in [-0.1, -0.05) is 20.8 Å². The SMILES string of the molecule is CNCCN(C)C(=O)C1CSCN1C(=O)C(C)(C)C.Cl. The summed E-state index contributed by atoms with van der Waals surface area (Å²) in [7, 11) is 3.65. The average molecular weight is 324 g/mol. The Kier molecular flexibility index (Phi) is 7.91. The third-order valence-corrected chi connectivity index (χ3v) is 4.16. The van der Waals surface area contributed by atoms with E-state index >= 15 is 0 Å². The number of halogens is 1. The Morgan fingerprint density at radius 2 is 2.00 bits per heavy atom. The molecule has 0 radical (unpaired) electrons. The third kappa shape index (κ3) is 4.82. The first-order valence-electron chi connectivity index (χ1n) is 6.57. The van der Waals surface area contributed by atoms with Gasteiger partial charge >= 0.3 is 0 Å². The van der Waals surface area contributed by atoms with Gasteiger partial charge in [-0.2, -0.15) is 0 Å². The van der Waals surface area contributed by atoms with Crippen molar-refractivity contribution < 1.29 is 9.59 Å². The van der Waals surface area contributed by atoms with E-state index in [1.807, 2.05) is 27.8 Å². The minimum Gasteiger partial charge on any atom is -0.343 e. The molecule has 0 spiro atoms. The molecule has 1 saturated heterocycles. The maximum atomic E-state index is 12.4. The zero-order valence-corrected chi connectivity index (χ0v) is 14.6. The van der Waals surface area contributed by atoms with Crippen LogP contribution in [0.2, 0.25) is 0 Å². The zero-order valence-electron chi connectivity index (χ0n) is 12.9. The predicted octanol–water partition coefficient (Wildman–Crippen LogP) is 1.03. The van der Waals surface area contributed by atoms with Crippen molar-refractivity contribution in [3.63, 3.8) is 0 Å². The lowest BCUT2D eigenvalue weighted by Gasteiger charge is -2.31. The molecule has 2 amide bonds. The molecular formula is C13H26ClN3O2S. The van der Waals surface area contributed by atoms with Crippen molar-refractivity contribution in [2.75, 3.05) is 38.8 Å². The lowest BCUT2D eigenvalue weighted by atomic mass is 9.94. The number of nitrogens with zero attached hydrogens (tertiary/aromatic N) is 2. The Hall–Kier alpha value is -0.460. The lowest BCUT2D eigenvalue weighted by molar-refractivity contribution is -0.147. The number of hydrogen-bond acceptors (Lipinski definition) is 4. The third-order valence-electron chi connectivity index (χ3n) is 3.14. The van der Waals surface area contributed by atoms with E-state index in [4.69, 9.17) is 0 Å². The van der Waals surface area contributed by atoms with Crippen LogP contribution in [0.4, 0.5) is 0 Å². The van der Waals surface area contributed by atoms with Gasteiger partial charge in [0.2, 0.25) is 11.8 Å².